The van der Waals surface area contributed by atoms with Crippen LogP contribution in [0.25, 0.3) is 0 Å². The van der Waals surface area contributed by atoms with Crippen molar-refractivity contribution in [3.63, 3.8) is 0 Å². The summed E-state index contributed by atoms with van der Waals surface area (Å²) in [6, 6.07) is 31.4. The van der Waals surface area contributed by atoms with Crippen LogP contribution in [0.15, 0.2) is 104 Å². The van der Waals surface area contributed by atoms with Crippen LogP contribution >= 0.6 is 0 Å². The Morgan fingerprint density at radius 1 is 0.396 bits per heavy atom. The quantitative estimate of drug-likeness (QED) is 0.0979. The average Bonchev–Trinajstić information content (AvgIpc) is 3.58. The third kappa shape index (κ3) is 294. The lowest BCUT2D eigenvalue weighted by Gasteiger charge is -2.24. The molecular weight excluding hydrogens is 1160 g/mol. The minimum absolute atomic E-state index is 0. The smallest absolute Gasteiger partial charge is 0.219 e. The number of aliphatic hydroxyl groups excluding tert-OH is 1. The lowest BCUT2D eigenvalue weighted by molar-refractivity contribution is -0.129. The summed E-state index contributed by atoms with van der Waals surface area (Å²) in [4.78, 5) is 92.6. The van der Waals surface area contributed by atoms with Gasteiger partial charge in [0.05, 0.1) is 0 Å². The number of hydrogen-bond donors (Lipinski definition) is 11. The summed E-state index contributed by atoms with van der Waals surface area (Å²) < 4.78 is 0. The standard InChI is InChI=1S/3C8H10.C7H13NO.3C5H12.C5H10.C3H8O.C2H6.2CH5N.10CH2O.8H3N/c3*1-2-8-6-4-3-5-7-8;1-7(9)8-5-3-2-4-6-8;4*1-4-5(2)3;1-3(2)4;13*1-2;;;;;;;;/h3*3-7H,2H2,1H3;2-6H2,1H3;3*5H,4H2,1-3H3;4-5H,1H2,2-3H3;3-4H,1-2H3;1-2H3;2*2H2,1H3;10*1H2;8*1H3. The molecule has 1 fully saturated rings. The Balaban J connectivity index is -0.0000000207. The fourth-order valence-corrected chi connectivity index (χ4v) is 3.35. The first kappa shape index (κ1) is 172. The first-order valence-corrected chi connectivity index (χ1v) is 27.6. The van der Waals surface area contributed by atoms with Crippen LogP contribution in [0.4, 0.5) is 0 Å². The van der Waals surface area contributed by atoms with Gasteiger partial charge in [-0.05, 0) is 107 Å². The monoisotopic (exact) mass is 1320 g/mol. The van der Waals surface area contributed by atoms with E-state index in [4.69, 9.17) is 53.1 Å². The molecule has 3 aromatic carbocycles. The number of aliphatic hydroxyl groups is 1. The van der Waals surface area contributed by atoms with Crippen molar-refractivity contribution in [2.75, 3.05) is 27.2 Å². The van der Waals surface area contributed by atoms with E-state index in [1.807, 2.05) is 111 Å². The van der Waals surface area contributed by atoms with Crippen molar-refractivity contribution in [3.05, 3.63) is 120 Å². The van der Waals surface area contributed by atoms with Crippen molar-refractivity contribution in [2.45, 2.75) is 195 Å². The molecule has 23 nitrogen and oxygen atoms in total. The van der Waals surface area contributed by atoms with E-state index in [0.29, 0.717) is 5.92 Å². The molecule has 0 bridgehead atoms. The van der Waals surface area contributed by atoms with Gasteiger partial charge in [0.15, 0.2) is 0 Å². The third-order valence-corrected chi connectivity index (χ3v) is 8.48. The molecule has 0 atom stereocenters. The molecule has 91 heavy (non-hydrogen) atoms. The van der Waals surface area contributed by atoms with E-state index >= 15 is 0 Å². The number of allylic oxidation sites excluding steroid dienone is 1. The maximum atomic E-state index is 10.7. The van der Waals surface area contributed by atoms with Gasteiger partial charge in [-0.3, -0.25) is 4.79 Å². The first-order valence-electron chi connectivity index (χ1n) is 27.6. The van der Waals surface area contributed by atoms with Crippen molar-refractivity contribution in [1.82, 2.24) is 54.1 Å². The predicted molar refractivity (Wildman–Crippen MR) is 404 cm³/mol. The lowest BCUT2D eigenvalue weighted by atomic mass is 10.1. The van der Waals surface area contributed by atoms with Crippen LogP contribution in [0.1, 0.15) is 187 Å². The Labute approximate surface area is 561 Å². The van der Waals surface area contributed by atoms with Gasteiger partial charge in [-0.1, -0.05) is 227 Å². The van der Waals surface area contributed by atoms with E-state index in [1.54, 1.807) is 20.8 Å². The van der Waals surface area contributed by atoms with Crippen LogP contribution < -0.4 is 60.7 Å². The predicted octanol–water partition coefficient (Wildman–Crippen LogP) is 15.8. The summed E-state index contributed by atoms with van der Waals surface area (Å²) in [5.41, 5.74) is 13.2. The SMILES string of the molecule is C=CC(C)C.C=O.C=O.C=O.C=O.C=O.C=O.C=O.C=O.C=O.C=O.CC.CC(=O)N1CCCCC1.CC(C)O.CCC(C)C.CCC(C)C.CCC(C)C.CCc1ccccc1.CCc1ccccc1.CCc1ccccc1.CN.CN.N.N.N.N.N.N.N.N. The van der Waals surface area contributed by atoms with Crippen LogP contribution in [0.3, 0.4) is 0 Å². The highest BCUT2D eigenvalue weighted by Gasteiger charge is 2.11. The number of aryl methyl sites for hydroxylation is 3. The van der Waals surface area contributed by atoms with Gasteiger partial charge in [0.1, 0.15) is 67.9 Å². The summed E-state index contributed by atoms with van der Waals surface area (Å²) in [5, 5.41) is 8.06. The number of hydrogen-bond acceptors (Lipinski definition) is 22. The lowest BCUT2D eigenvalue weighted by Crippen LogP contribution is -2.33. The summed E-state index contributed by atoms with van der Waals surface area (Å²) in [5.74, 6) is 3.53. The van der Waals surface area contributed by atoms with E-state index < -0.39 is 0 Å². The topological polar surface area (TPSA) is 543 Å². The van der Waals surface area contributed by atoms with Gasteiger partial charge in [-0.2, -0.15) is 0 Å². The number of rotatable bonds is 7. The molecule has 0 aliphatic carbocycles. The number of carbonyl (C=O) groups is 11. The normalized spacial score (nSPS) is 7.46. The van der Waals surface area contributed by atoms with E-state index in [0.717, 1.165) is 50.1 Å². The molecule has 23 heteroatoms. The number of nitrogens with two attached hydrogens (primary N) is 2. The molecule has 1 heterocycles. The van der Waals surface area contributed by atoms with Gasteiger partial charge < -0.3 is 119 Å². The number of piperidine rings is 1. The molecule has 0 spiro atoms. The second kappa shape index (κ2) is 223. The van der Waals surface area contributed by atoms with Crippen LogP contribution in [-0.4, -0.2) is 117 Å². The maximum absolute atomic E-state index is 10.7. The van der Waals surface area contributed by atoms with Crippen LogP contribution in [0, 0.1) is 23.7 Å². The zero-order valence-electron chi connectivity index (χ0n) is 62.9. The molecule has 1 amide bonds. The van der Waals surface area contributed by atoms with Crippen molar-refractivity contribution in [1.29, 1.82) is 0 Å². The number of carbonyl (C=O) groups excluding carboxylic acids is 11. The van der Waals surface area contributed by atoms with Crippen molar-refractivity contribution in [3.8, 4) is 0 Å². The molecular formula is C68H157N11O12. The molecule has 1 aliphatic heterocycles. The first-order chi connectivity index (χ1) is 39.9. The molecule has 4 rings (SSSR count). The summed E-state index contributed by atoms with van der Waals surface area (Å²) in [6.45, 7) is 65.2. The Hall–Kier alpha value is -6.87. The number of nitrogens with zero attached hydrogens (tertiary/aromatic N) is 1. The maximum Gasteiger partial charge on any atom is 0.219 e. The molecule has 0 aromatic heterocycles. The molecule has 0 unspecified atom stereocenters. The molecule has 29 N–H and O–H groups in total. The van der Waals surface area contributed by atoms with Crippen molar-refractivity contribution < 1.29 is 57.8 Å². The van der Waals surface area contributed by atoms with Crippen LogP contribution in [-0.2, 0) is 72.0 Å². The molecule has 1 saturated heterocycles. The Morgan fingerprint density at radius 3 is 0.593 bits per heavy atom. The van der Waals surface area contributed by atoms with Crippen molar-refractivity contribution >= 4 is 73.8 Å². The van der Waals surface area contributed by atoms with Gasteiger partial charge in [0.25, 0.3) is 0 Å². The van der Waals surface area contributed by atoms with E-state index in [2.05, 4.69) is 188 Å². The minimum atomic E-state index is -0.167. The Morgan fingerprint density at radius 2 is 0.527 bits per heavy atom. The summed E-state index contributed by atoms with van der Waals surface area (Å²) in [7, 11) is 3.00. The Kier molecular flexibility index (Phi) is 422. The second-order valence-corrected chi connectivity index (χ2v) is 16.1. The zero-order chi connectivity index (χ0) is 70.9. The van der Waals surface area contributed by atoms with Gasteiger partial charge >= 0.3 is 0 Å². The fraction of sp³-hybridized carbons (Fsp3) is 0.544. The van der Waals surface area contributed by atoms with E-state index in [1.165, 1.54) is 69.3 Å². The van der Waals surface area contributed by atoms with Crippen LogP contribution in [0.2, 0.25) is 0 Å². The molecule has 1 aliphatic rings. The highest BCUT2D eigenvalue weighted by atomic mass is 16.3. The molecule has 3 aromatic rings. The number of benzene rings is 3. The molecule has 0 radical (unpaired) electrons. The van der Waals surface area contributed by atoms with Gasteiger partial charge in [-0.15, -0.1) is 6.58 Å². The second-order valence-electron chi connectivity index (χ2n) is 16.1. The third-order valence-electron chi connectivity index (χ3n) is 8.48. The fourth-order valence-electron chi connectivity index (χ4n) is 3.35. The largest absolute Gasteiger partial charge is 0.394 e. The minimum Gasteiger partial charge on any atom is -0.394 e. The molecule has 556 valence electrons. The highest BCUT2D eigenvalue weighted by Crippen LogP contribution is 2.08. The van der Waals surface area contributed by atoms with Crippen molar-refractivity contribution in [2.24, 2.45) is 35.1 Å². The van der Waals surface area contributed by atoms with Crippen LogP contribution in [0.5, 0.6) is 0 Å². The summed E-state index contributed by atoms with van der Waals surface area (Å²) in [6.07, 6.45) is 12.8. The highest BCUT2D eigenvalue weighted by molar-refractivity contribution is 5.73. The molecule has 0 saturated carbocycles. The Bertz CT molecular complexity index is 1240. The van der Waals surface area contributed by atoms with E-state index in [-0.39, 0.29) is 61.2 Å². The zero-order valence-corrected chi connectivity index (χ0v) is 62.9. The number of likely N-dealkylation sites (tertiary alicyclic amines) is 1. The van der Waals surface area contributed by atoms with Gasteiger partial charge in [-0.25, -0.2) is 0 Å². The van der Waals surface area contributed by atoms with Gasteiger partial charge in [0, 0.05) is 26.1 Å². The average molecular weight is 1320 g/mol. The van der Waals surface area contributed by atoms with Gasteiger partial charge in [0.2, 0.25) is 5.91 Å². The number of amides is 1. The van der Waals surface area contributed by atoms with E-state index in [9.17, 15) is 4.79 Å². The summed E-state index contributed by atoms with van der Waals surface area (Å²) >= 11 is 0.